The molecule has 108 valence electrons. The molecular weight excluding hydrogens is 274 g/mol. The van der Waals surface area contributed by atoms with Crippen molar-refractivity contribution in [2.45, 2.75) is 26.3 Å². The van der Waals surface area contributed by atoms with Crippen molar-refractivity contribution in [3.8, 4) is 6.01 Å². The lowest BCUT2D eigenvalue weighted by atomic mass is 10.2. The lowest BCUT2D eigenvalue weighted by Gasteiger charge is -2.14. The molecule has 0 fully saturated rings. The molecule has 0 radical (unpaired) electrons. The predicted octanol–water partition coefficient (Wildman–Crippen LogP) is 2.42. The van der Waals surface area contributed by atoms with Crippen LogP contribution in [0.5, 0.6) is 6.01 Å². The van der Waals surface area contributed by atoms with Crippen molar-refractivity contribution in [1.29, 1.82) is 0 Å². The van der Waals surface area contributed by atoms with Crippen molar-refractivity contribution < 1.29 is 4.74 Å². The van der Waals surface area contributed by atoms with Crippen molar-refractivity contribution in [3.63, 3.8) is 0 Å². The van der Waals surface area contributed by atoms with E-state index < -0.39 is 0 Å². The fraction of sp³-hybridized carbons (Fsp3) is 0.462. The van der Waals surface area contributed by atoms with Crippen LogP contribution in [-0.4, -0.2) is 34.6 Å². The number of hydrogen-bond donors (Lipinski definition) is 2. The van der Waals surface area contributed by atoms with Crippen LogP contribution < -0.4 is 15.4 Å². The largest absolute Gasteiger partial charge is 0.464 e. The van der Waals surface area contributed by atoms with Crippen LogP contribution in [0.15, 0.2) is 17.5 Å². The van der Waals surface area contributed by atoms with Crippen LogP contribution in [0, 0.1) is 0 Å². The van der Waals surface area contributed by atoms with Crippen molar-refractivity contribution >= 4 is 23.2 Å². The first-order valence-corrected chi connectivity index (χ1v) is 7.44. The van der Waals surface area contributed by atoms with E-state index in [1.54, 1.807) is 18.4 Å². The molecule has 2 aromatic rings. The fourth-order valence-electron chi connectivity index (χ4n) is 1.73. The Labute approximate surface area is 122 Å². The Morgan fingerprint density at radius 2 is 2.10 bits per heavy atom. The average molecular weight is 293 g/mol. The van der Waals surface area contributed by atoms with Crippen LogP contribution in [0.4, 0.5) is 11.9 Å². The van der Waals surface area contributed by atoms with Gasteiger partial charge in [0.2, 0.25) is 11.9 Å². The van der Waals surface area contributed by atoms with Crippen molar-refractivity contribution in [2.75, 3.05) is 24.3 Å². The fourth-order valence-corrected chi connectivity index (χ4v) is 2.56. The molecule has 2 heterocycles. The quantitative estimate of drug-likeness (QED) is 0.817. The summed E-state index contributed by atoms with van der Waals surface area (Å²) in [5, 5.41) is 8.26. The van der Waals surface area contributed by atoms with Crippen molar-refractivity contribution in [1.82, 2.24) is 15.0 Å². The van der Waals surface area contributed by atoms with E-state index in [1.807, 2.05) is 6.92 Å². The Balaban J connectivity index is 2.05. The van der Waals surface area contributed by atoms with Crippen LogP contribution >= 0.6 is 11.3 Å². The van der Waals surface area contributed by atoms with Crippen molar-refractivity contribution in [2.24, 2.45) is 0 Å². The molecule has 0 saturated heterocycles. The molecule has 1 unspecified atom stereocenters. The molecule has 20 heavy (non-hydrogen) atoms. The van der Waals surface area contributed by atoms with E-state index in [-0.39, 0.29) is 6.04 Å². The highest BCUT2D eigenvalue weighted by molar-refractivity contribution is 7.09. The molecule has 0 saturated carbocycles. The molecule has 0 aliphatic rings. The first kappa shape index (κ1) is 14.5. The Kier molecular flexibility index (Phi) is 5.11. The van der Waals surface area contributed by atoms with Gasteiger partial charge in [-0.3, -0.25) is 0 Å². The highest BCUT2D eigenvalue weighted by atomic mass is 32.1. The van der Waals surface area contributed by atoms with E-state index >= 15 is 0 Å². The van der Waals surface area contributed by atoms with Crippen LogP contribution in [0.2, 0.25) is 0 Å². The predicted molar refractivity (Wildman–Crippen MR) is 81.7 cm³/mol. The first-order chi connectivity index (χ1) is 9.71. The number of hydrogen-bond acceptors (Lipinski definition) is 7. The maximum Gasteiger partial charge on any atom is 0.323 e. The minimum atomic E-state index is 0.232. The van der Waals surface area contributed by atoms with E-state index in [9.17, 15) is 0 Å². The molecule has 0 aliphatic heterocycles. The minimum Gasteiger partial charge on any atom is -0.464 e. The minimum absolute atomic E-state index is 0.232. The van der Waals surface area contributed by atoms with Gasteiger partial charge in [-0.2, -0.15) is 15.0 Å². The van der Waals surface area contributed by atoms with E-state index in [4.69, 9.17) is 4.74 Å². The zero-order valence-corrected chi connectivity index (χ0v) is 12.7. The Morgan fingerprint density at radius 3 is 2.75 bits per heavy atom. The highest BCUT2D eigenvalue weighted by Crippen LogP contribution is 2.15. The van der Waals surface area contributed by atoms with E-state index in [2.05, 4.69) is 50.0 Å². The van der Waals surface area contributed by atoms with Gasteiger partial charge in [0.15, 0.2) is 0 Å². The SMILES string of the molecule is CCOc1nc(NC)nc(NC(C)Cc2cccs2)n1. The molecule has 0 aromatic carbocycles. The standard InChI is InChI=1S/C13H19N5OS/c1-4-19-13-17-11(14-3)16-12(18-13)15-9(2)8-10-6-5-7-20-10/h5-7,9H,4,8H2,1-3H3,(H2,14,15,16,17,18). The molecule has 2 rings (SSSR count). The van der Waals surface area contributed by atoms with Crippen LogP contribution in [0.1, 0.15) is 18.7 Å². The van der Waals surface area contributed by atoms with Gasteiger partial charge in [-0.15, -0.1) is 11.3 Å². The van der Waals surface area contributed by atoms with Crippen LogP contribution in [0.3, 0.4) is 0 Å². The van der Waals surface area contributed by atoms with Gasteiger partial charge in [0.25, 0.3) is 0 Å². The van der Waals surface area contributed by atoms with Gasteiger partial charge in [-0.25, -0.2) is 0 Å². The van der Waals surface area contributed by atoms with E-state index in [1.165, 1.54) is 4.88 Å². The Morgan fingerprint density at radius 1 is 1.30 bits per heavy atom. The number of rotatable bonds is 7. The zero-order chi connectivity index (χ0) is 14.4. The highest BCUT2D eigenvalue weighted by Gasteiger charge is 2.10. The summed E-state index contributed by atoms with van der Waals surface area (Å²) in [6.45, 7) is 4.52. The molecule has 6 nitrogen and oxygen atoms in total. The van der Waals surface area contributed by atoms with E-state index in [0.29, 0.717) is 24.5 Å². The Bertz CT molecular complexity index is 532. The van der Waals surface area contributed by atoms with Gasteiger partial charge < -0.3 is 15.4 Å². The third-order valence-electron chi connectivity index (χ3n) is 2.57. The lowest BCUT2D eigenvalue weighted by Crippen LogP contribution is -2.20. The third kappa shape index (κ3) is 4.06. The smallest absolute Gasteiger partial charge is 0.323 e. The normalized spacial score (nSPS) is 11.9. The Hall–Kier alpha value is -1.89. The van der Waals surface area contributed by atoms with Gasteiger partial charge in [0.1, 0.15) is 0 Å². The summed E-state index contributed by atoms with van der Waals surface area (Å²) in [6, 6.07) is 4.75. The summed E-state index contributed by atoms with van der Waals surface area (Å²) in [7, 11) is 1.77. The van der Waals surface area contributed by atoms with E-state index in [0.717, 1.165) is 6.42 Å². The van der Waals surface area contributed by atoms with Crippen molar-refractivity contribution in [3.05, 3.63) is 22.4 Å². The maximum absolute atomic E-state index is 5.34. The molecule has 2 N–H and O–H groups in total. The molecule has 0 amide bonds. The second-order valence-corrected chi connectivity index (χ2v) is 5.31. The van der Waals surface area contributed by atoms with Crippen LogP contribution in [0.25, 0.3) is 0 Å². The topological polar surface area (TPSA) is 72.0 Å². The summed E-state index contributed by atoms with van der Waals surface area (Å²) in [6.07, 6.45) is 0.933. The van der Waals surface area contributed by atoms with Gasteiger partial charge in [0.05, 0.1) is 6.61 Å². The average Bonchev–Trinajstić information content (AvgIpc) is 2.91. The third-order valence-corrected chi connectivity index (χ3v) is 3.47. The second-order valence-electron chi connectivity index (χ2n) is 4.28. The summed E-state index contributed by atoms with van der Waals surface area (Å²) in [5.74, 6) is 1.02. The number of thiophene rings is 1. The van der Waals surface area contributed by atoms with Gasteiger partial charge in [-0.05, 0) is 25.3 Å². The van der Waals surface area contributed by atoms with Gasteiger partial charge in [0, 0.05) is 24.4 Å². The molecule has 7 heteroatoms. The zero-order valence-electron chi connectivity index (χ0n) is 11.9. The molecule has 2 aromatic heterocycles. The second kappa shape index (κ2) is 7.04. The molecular formula is C13H19N5OS. The van der Waals surface area contributed by atoms with Gasteiger partial charge in [-0.1, -0.05) is 6.07 Å². The first-order valence-electron chi connectivity index (χ1n) is 6.56. The summed E-state index contributed by atoms with van der Waals surface area (Å²) < 4.78 is 5.34. The number of anilines is 2. The molecule has 0 bridgehead atoms. The monoisotopic (exact) mass is 293 g/mol. The molecule has 0 spiro atoms. The lowest BCUT2D eigenvalue weighted by molar-refractivity contribution is 0.312. The number of nitrogens with one attached hydrogen (secondary N) is 2. The van der Waals surface area contributed by atoms with Gasteiger partial charge >= 0.3 is 6.01 Å². The summed E-state index contributed by atoms with van der Waals surface area (Å²) in [4.78, 5) is 14.0. The molecule has 1 atom stereocenters. The summed E-state index contributed by atoms with van der Waals surface area (Å²) >= 11 is 1.75. The summed E-state index contributed by atoms with van der Waals surface area (Å²) in [5.41, 5.74) is 0. The number of ether oxygens (including phenoxy) is 1. The van der Waals surface area contributed by atoms with Crippen LogP contribution in [-0.2, 0) is 6.42 Å². The maximum atomic E-state index is 5.34. The number of aromatic nitrogens is 3. The molecule has 0 aliphatic carbocycles. The number of nitrogens with zero attached hydrogens (tertiary/aromatic N) is 3.